The molecular formula is C10H6Cl2N4O2. The van der Waals surface area contributed by atoms with Gasteiger partial charge in [-0.3, -0.25) is 10.1 Å². The summed E-state index contributed by atoms with van der Waals surface area (Å²) in [7, 11) is 0. The Labute approximate surface area is 112 Å². The molecule has 0 unspecified atom stereocenters. The van der Waals surface area contributed by atoms with Crippen LogP contribution < -0.4 is 5.73 Å². The van der Waals surface area contributed by atoms with Crippen molar-refractivity contribution in [2.75, 3.05) is 5.73 Å². The van der Waals surface area contributed by atoms with E-state index in [-0.39, 0.29) is 27.2 Å². The third-order valence-electron chi connectivity index (χ3n) is 2.24. The van der Waals surface area contributed by atoms with Crippen LogP contribution in [-0.4, -0.2) is 14.9 Å². The molecule has 0 aliphatic heterocycles. The van der Waals surface area contributed by atoms with Crippen LogP contribution in [0.25, 0.3) is 11.3 Å². The van der Waals surface area contributed by atoms with Crippen molar-refractivity contribution >= 4 is 34.7 Å². The van der Waals surface area contributed by atoms with Crippen LogP contribution in [0.5, 0.6) is 0 Å². The fraction of sp³-hybridized carbons (Fsp3) is 0. The van der Waals surface area contributed by atoms with Crippen LogP contribution in [0.3, 0.4) is 0 Å². The van der Waals surface area contributed by atoms with Gasteiger partial charge in [-0.15, -0.1) is 0 Å². The van der Waals surface area contributed by atoms with Gasteiger partial charge in [0.05, 0.1) is 15.0 Å². The summed E-state index contributed by atoms with van der Waals surface area (Å²) in [6.07, 6.45) is 1.13. The molecule has 1 heterocycles. The van der Waals surface area contributed by atoms with E-state index >= 15 is 0 Å². The molecule has 18 heavy (non-hydrogen) atoms. The van der Waals surface area contributed by atoms with E-state index in [4.69, 9.17) is 28.9 Å². The number of anilines is 1. The highest BCUT2D eigenvalue weighted by atomic mass is 35.5. The van der Waals surface area contributed by atoms with E-state index < -0.39 is 4.92 Å². The first-order valence-corrected chi connectivity index (χ1v) is 5.47. The molecule has 0 saturated carbocycles. The lowest BCUT2D eigenvalue weighted by molar-refractivity contribution is -0.383. The molecule has 0 aliphatic rings. The maximum Gasteiger partial charge on any atom is 0.337 e. The second-order valence-corrected chi connectivity index (χ2v) is 4.10. The molecule has 0 radical (unpaired) electrons. The fourth-order valence-corrected chi connectivity index (χ4v) is 1.85. The largest absolute Gasteiger partial charge is 0.378 e. The molecule has 0 aliphatic carbocycles. The van der Waals surface area contributed by atoms with Crippen LogP contribution in [0.2, 0.25) is 10.0 Å². The van der Waals surface area contributed by atoms with E-state index in [0.29, 0.717) is 5.56 Å². The molecule has 0 atom stereocenters. The van der Waals surface area contributed by atoms with Crippen LogP contribution in [0.4, 0.5) is 11.5 Å². The SMILES string of the molecule is Nc1ncnc(-c2cccc(Cl)c2Cl)c1[N+](=O)[O-]. The minimum Gasteiger partial charge on any atom is -0.378 e. The molecular weight excluding hydrogens is 279 g/mol. The Morgan fingerprint density at radius 1 is 1.28 bits per heavy atom. The van der Waals surface area contributed by atoms with Crippen molar-refractivity contribution in [3.63, 3.8) is 0 Å². The lowest BCUT2D eigenvalue weighted by Crippen LogP contribution is -2.02. The lowest BCUT2D eigenvalue weighted by atomic mass is 10.1. The smallest absolute Gasteiger partial charge is 0.337 e. The topological polar surface area (TPSA) is 94.9 Å². The van der Waals surface area contributed by atoms with E-state index in [1.54, 1.807) is 18.2 Å². The normalized spacial score (nSPS) is 10.3. The Morgan fingerprint density at radius 3 is 2.67 bits per heavy atom. The van der Waals surface area contributed by atoms with Crippen molar-refractivity contribution in [1.82, 2.24) is 9.97 Å². The Balaban J connectivity index is 2.75. The van der Waals surface area contributed by atoms with Gasteiger partial charge in [-0.2, -0.15) is 0 Å². The molecule has 92 valence electrons. The van der Waals surface area contributed by atoms with Gasteiger partial charge in [-0.25, -0.2) is 9.97 Å². The number of hydrogen-bond acceptors (Lipinski definition) is 5. The van der Waals surface area contributed by atoms with E-state index in [1.165, 1.54) is 0 Å². The second kappa shape index (κ2) is 4.75. The average molecular weight is 285 g/mol. The zero-order valence-electron chi connectivity index (χ0n) is 8.80. The second-order valence-electron chi connectivity index (χ2n) is 3.31. The zero-order chi connectivity index (χ0) is 13.3. The highest BCUT2D eigenvalue weighted by molar-refractivity contribution is 6.43. The predicted octanol–water partition coefficient (Wildman–Crippen LogP) is 2.94. The number of nitrogens with two attached hydrogens (primary N) is 1. The van der Waals surface area contributed by atoms with Crippen molar-refractivity contribution in [2.24, 2.45) is 0 Å². The van der Waals surface area contributed by atoms with Crippen LogP contribution in [0, 0.1) is 10.1 Å². The molecule has 0 bridgehead atoms. The summed E-state index contributed by atoms with van der Waals surface area (Å²) in [5.74, 6) is -0.221. The number of nitrogens with zero attached hydrogens (tertiary/aromatic N) is 3. The maximum absolute atomic E-state index is 11.0. The van der Waals surface area contributed by atoms with E-state index in [9.17, 15) is 10.1 Å². The molecule has 6 nitrogen and oxygen atoms in total. The summed E-state index contributed by atoms with van der Waals surface area (Å²) in [5, 5.41) is 11.4. The third kappa shape index (κ3) is 2.07. The number of nitrogen functional groups attached to an aromatic ring is 1. The van der Waals surface area contributed by atoms with Gasteiger partial charge >= 0.3 is 5.69 Å². The number of rotatable bonds is 2. The first-order chi connectivity index (χ1) is 8.52. The summed E-state index contributed by atoms with van der Waals surface area (Å²) < 4.78 is 0. The first kappa shape index (κ1) is 12.5. The first-order valence-electron chi connectivity index (χ1n) is 4.71. The van der Waals surface area contributed by atoms with Crippen molar-refractivity contribution in [2.45, 2.75) is 0 Å². The summed E-state index contributed by atoms with van der Waals surface area (Å²) in [5.41, 5.74) is 5.47. The quantitative estimate of drug-likeness (QED) is 0.676. The Hall–Kier alpha value is -1.92. The number of nitro groups is 1. The minimum absolute atomic E-state index is 0.0417. The lowest BCUT2D eigenvalue weighted by Gasteiger charge is -2.06. The molecule has 2 rings (SSSR count). The third-order valence-corrected chi connectivity index (χ3v) is 3.06. The van der Waals surface area contributed by atoms with Crippen LogP contribution in [0.15, 0.2) is 24.5 Å². The van der Waals surface area contributed by atoms with Gasteiger partial charge in [0.15, 0.2) is 5.69 Å². The average Bonchev–Trinajstić information content (AvgIpc) is 2.32. The molecule has 0 saturated heterocycles. The van der Waals surface area contributed by atoms with Gasteiger partial charge in [0.1, 0.15) is 6.33 Å². The number of benzene rings is 1. The molecule has 2 N–H and O–H groups in total. The van der Waals surface area contributed by atoms with E-state index in [1.807, 2.05) is 0 Å². The number of hydrogen-bond donors (Lipinski definition) is 1. The standard InChI is InChI=1S/C10H6Cl2N4O2/c11-6-3-1-2-5(7(6)12)8-9(16(17)18)10(13)15-4-14-8/h1-4H,(H2,13,14,15). The van der Waals surface area contributed by atoms with Crippen LogP contribution in [-0.2, 0) is 0 Å². The monoisotopic (exact) mass is 284 g/mol. The van der Waals surface area contributed by atoms with Gasteiger partial charge in [-0.1, -0.05) is 35.3 Å². The van der Waals surface area contributed by atoms with Crippen molar-refractivity contribution in [3.8, 4) is 11.3 Å². The summed E-state index contributed by atoms with van der Waals surface area (Å²) >= 11 is 11.9. The zero-order valence-corrected chi connectivity index (χ0v) is 10.3. The summed E-state index contributed by atoms with van der Waals surface area (Å²) in [6.45, 7) is 0. The fourth-order valence-electron chi connectivity index (χ4n) is 1.46. The Kier molecular flexibility index (Phi) is 3.31. The molecule has 0 fully saturated rings. The summed E-state index contributed by atoms with van der Waals surface area (Å²) in [6, 6.07) is 4.76. The van der Waals surface area contributed by atoms with Gasteiger partial charge in [0, 0.05) is 5.56 Å². The van der Waals surface area contributed by atoms with E-state index in [0.717, 1.165) is 6.33 Å². The van der Waals surface area contributed by atoms with Crippen molar-refractivity contribution in [3.05, 3.63) is 44.7 Å². The molecule has 1 aromatic carbocycles. The predicted molar refractivity (Wildman–Crippen MR) is 68.6 cm³/mol. The van der Waals surface area contributed by atoms with Crippen molar-refractivity contribution in [1.29, 1.82) is 0 Å². The van der Waals surface area contributed by atoms with E-state index in [2.05, 4.69) is 9.97 Å². The number of halogens is 2. The molecule has 0 amide bonds. The van der Waals surface area contributed by atoms with Crippen molar-refractivity contribution < 1.29 is 4.92 Å². The molecule has 1 aromatic heterocycles. The maximum atomic E-state index is 11.0. The van der Waals surface area contributed by atoms with Crippen LogP contribution >= 0.6 is 23.2 Å². The highest BCUT2D eigenvalue weighted by Crippen LogP contribution is 2.38. The highest BCUT2D eigenvalue weighted by Gasteiger charge is 2.24. The minimum atomic E-state index is -0.651. The molecule has 8 heteroatoms. The van der Waals surface area contributed by atoms with Gasteiger partial charge in [0.25, 0.3) is 0 Å². The molecule has 2 aromatic rings. The van der Waals surface area contributed by atoms with Gasteiger partial charge in [0.2, 0.25) is 5.82 Å². The Bertz CT molecular complexity index is 633. The van der Waals surface area contributed by atoms with Crippen LogP contribution in [0.1, 0.15) is 0 Å². The Morgan fingerprint density at radius 2 is 2.00 bits per heavy atom. The summed E-state index contributed by atoms with van der Waals surface area (Å²) in [4.78, 5) is 17.8. The number of aromatic nitrogens is 2. The van der Waals surface area contributed by atoms with Gasteiger partial charge in [-0.05, 0) is 6.07 Å². The molecule has 0 spiro atoms. The van der Waals surface area contributed by atoms with Gasteiger partial charge < -0.3 is 5.73 Å².